The highest BCUT2D eigenvalue weighted by atomic mass is 32.2. The van der Waals surface area contributed by atoms with Gasteiger partial charge < -0.3 is 9.31 Å². The summed E-state index contributed by atoms with van der Waals surface area (Å²) >= 11 is 0. The molecule has 1 aromatic carbocycles. The Labute approximate surface area is 151 Å². The molecule has 0 amide bonds. The lowest BCUT2D eigenvalue weighted by atomic mass is 9.78. The van der Waals surface area contributed by atoms with Crippen LogP contribution in [-0.2, 0) is 25.7 Å². The van der Waals surface area contributed by atoms with Crippen LogP contribution >= 0.6 is 0 Å². The molecule has 2 heterocycles. The molecule has 0 aromatic heterocycles. The summed E-state index contributed by atoms with van der Waals surface area (Å²) in [5.41, 5.74) is 2.74. The van der Waals surface area contributed by atoms with Crippen molar-refractivity contribution in [3.8, 4) is 0 Å². The van der Waals surface area contributed by atoms with Gasteiger partial charge in [0.2, 0.25) is 0 Å². The fourth-order valence-electron chi connectivity index (χ4n) is 3.17. The monoisotopic (exact) mass is 365 g/mol. The quantitative estimate of drug-likeness (QED) is 0.761. The molecule has 0 bridgehead atoms. The highest BCUT2D eigenvalue weighted by Crippen LogP contribution is 2.36. The van der Waals surface area contributed by atoms with Gasteiger partial charge in [-0.2, -0.15) is 0 Å². The van der Waals surface area contributed by atoms with Crippen LogP contribution in [0.5, 0.6) is 0 Å². The van der Waals surface area contributed by atoms with Gasteiger partial charge in [0.1, 0.15) is 0 Å². The summed E-state index contributed by atoms with van der Waals surface area (Å²) < 4.78 is 35.4. The van der Waals surface area contributed by atoms with E-state index in [1.165, 1.54) is 11.1 Å². The summed E-state index contributed by atoms with van der Waals surface area (Å²) in [6.45, 7) is 12.3. The lowest BCUT2D eigenvalue weighted by Crippen LogP contribution is -2.41. The zero-order valence-electron chi connectivity index (χ0n) is 15.8. The number of nitrogens with zero attached hydrogens (tertiary/aromatic N) is 1. The molecule has 3 rings (SSSR count). The molecule has 2 fully saturated rings. The maximum absolute atomic E-state index is 11.6. The molecule has 25 heavy (non-hydrogen) atoms. The Bertz CT molecular complexity index is 730. The number of aryl methyl sites for hydroxylation is 1. The van der Waals surface area contributed by atoms with E-state index in [0.717, 1.165) is 12.0 Å². The molecule has 0 unspecified atom stereocenters. The smallest absolute Gasteiger partial charge is 0.399 e. The van der Waals surface area contributed by atoms with E-state index in [0.29, 0.717) is 13.1 Å². The highest BCUT2D eigenvalue weighted by Gasteiger charge is 2.51. The predicted molar refractivity (Wildman–Crippen MR) is 101 cm³/mol. The number of rotatable bonds is 3. The minimum absolute atomic E-state index is 0.262. The molecule has 2 saturated heterocycles. The Hall–Kier alpha value is -0.885. The molecule has 0 atom stereocenters. The van der Waals surface area contributed by atoms with Crippen LogP contribution in [0.25, 0.3) is 0 Å². The van der Waals surface area contributed by atoms with Crippen LogP contribution < -0.4 is 5.46 Å². The zero-order chi connectivity index (χ0) is 18.5. The fraction of sp³-hybridized carbons (Fsp3) is 0.667. The summed E-state index contributed by atoms with van der Waals surface area (Å²) in [5.74, 6) is 0.524. The van der Waals surface area contributed by atoms with Gasteiger partial charge in [-0.15, -0.1) is 0 Å². The molecule has 1 aromatic rings. The standard InChI is InChI=1S/C18H28BNO4S/c1-14-12-16(19-23-17(2,3)18(4,5)24-19)7-6-15(14)13-20-8-10-25(21,22)11-9-20/h6-7,12H,8-11,13H2,1-5H3. The normalized spacial score (nSPS) is 25.2. The molecule has 0 N–H and O–H groups in total. The van der Waals surface area contributed by atoms with Gasteiger partial charge in [-0.1, -0.05) is 18.2 Å². The first-order chi connectivity index (χ1) is 11.5. The van der Waals surface area contributed by atoms with Gasteiger partial charge in [0, 0.05) is 19.6 Å². The lowest BCUT2D eigenvalue weighted by Gasteiger charge is -2.32. The van der Waals surface area contributed by atoms with E-state index in [4.69, 9.17) is 9.31 Å². The van der Waals surface area contributed by atoms with Crippen molar-refractivity contribution in [2.24, 2.45) is 0 Å². The fourth-order valence-corrected chi connectivity index (χ4v) is 4.45. The lowest BCUT2D eigenvalue weighted by molar-refractivity contribution is 0.00578. The van der Waals surface area contributed by atoms with Crippen LogP contribution in [-0.4, -0.2) is 56.2 Å². The van der Waals surface area contributed by atoms with E-state index in [2.05, 4.69) is 57.7 Å². The van der Waals surface area contributed by atoms with E-state index < -0.39 is 9.84 Å². The number of sulfone groups is 1. The Morgan fingerprint density at radius 1 is 1.08 bits per heavy atom. The SMILES string of the molecule is Cc1cc(B2OC(C)(C)C(C)(C)O2)ccc1CN1CCS(=O)(=O)CC1. The van der Waals surface area contributed by atoms with Gasteiger partial charge in [-0.3, -0.25) is 4.90 Å². The van der Waals surface area contributed by atoms with Crippen LogP contribution in [0.15, 0.2) is 18.2 Å². The van der Waals surface area contributed by atoms with Crippen LogP contribution in [0.4, 0.5) is 0 Å². The van der Waals surface area contributed by atoms with Crippen LogP contribution in [0.1, 0.15) is 38.8 Å². The van der Waals surface area contributed by atoms with Crippen molar-refractivity contribution in [3.05, 3.63) is 29.3 Å². The van der Waals surface area contributed by atoms with Gasteiger partial charge in [0.25, 0.3) is 0 Å². The van der Waals surface area contributed by atoms with E-state index >= 15 is 0 Å². The van der Waals surface area contributed by atoms with Gasteiger partial charge in [-0.05, 0) is 51.2 Å². The van der Waals surface area contributed by atoms with Crippen molar-refractivity contribution in [3.63, 3.8) is 0 Å². The average molecular weight is 365 g/mol. The molecule has 0 spiro atoms. The third-order valence-electron chi connectivity index (χ3n) is 5.72. The molecule has 0 aliphatic carbocycles. The summed E-state index contributed by atoms with van der Waals surface area (Å²) in [6.07, 6.45) is 0. The van der Waals surface area contributed by atoms with E-state index in [9.17, 15) is 8.42 Å². The number of hydrogen-bond acceptors (Lipinski definition) is 5. The zero-order valence-corrected chi connectivity index (χ0v) is 16.6. The van der Waals surface area contributed by atoms with Gasteiger partial charge in [-0.25, -0.2) is 8.42 Å². The molecule has 0 saturated carbocycles. The first-order valence-corrected chi connectivity index (χ1v) is 10.7. The molecule has 0 radical (unpaired) electrons. The summed E-state index contributed by atoms with van der Waals surface area (Å²) in [5, 5.41) is 0. The van der Waals surface area contributed by atoms with Crippen molar-refractivity contribution >= 4 is 22.4 Å². The van der Waals surface area contributed by atoms with Crippen LogP contribution in [0, 0.1) is 6.92 Å². The molecular weight excluding hydrogens is 337 g/mol. The van der Waals surface area contributed by atoms with Crippen molar-refractivity contribution in [1.29, 1.82) is 0 Å². The summed E-state index contributed by atoms with van der Waals surface area (Å²) in [7, 11) is -3.18. The average Bonchev–Trinajstić information content (AvgIpc) is 2.71. The minimum Gasteiger partial charge on any atom is -0.399 e. The topological polar surface area (TPSA) is 55.8 Å². The molecular formula is C18H28BNO4S. The summed E-state index contributed by atoms with van der Waals surface area (Å²) in [6, 6.07) is 6.29. The van der Waals surface area contributed by atoms with Crippen molar-refractivity contribution in [2.75, 3.05) is 24.6 Å². The minimum atomic E-state index is -2.83. The molecule has 138 valence electrons. The number of benzene rings is 1. The van der Waals surface area contributed by atoms with Gasteiger partial charge in [0.05, 0.1) is 22.7 Å². The van der Waals surface area contributed by atoms with Gasteiger partial charge in [0.15, 0.2) is 9.84 Å². The Morgan fingerprint density at radius 2 is 1.64 bits per heavy atom. The van der Waals surface area contributed by atoms with E-state index in [1.807, 2.05) is 0 Å². The summed E-state index contributed by atoms with van der Waals surface area (Å²) in [4.78, 5) is 2.21. The third-order valence-corrected chi connectivity index (χ3v) is 7.33. The number of hydrogen-bond donors (Lipinski definition) is 0. The maximum atomic E-state index is 11.6. The van der Waals surface area contributed by atoms with Crippen molar-refractivity contribution < 1.29 is 17.7 Å². The Morgan fingerprint density at radius 3 is 2.16 bits per heavy atom. The Kier molecular flexibility index (Phi) is 4.82. The second kappa shape index (κ2) is 6.37. The maximum Gasteiger partial charge on any atom is 0.494 e. The predicted octanol–water partition coefficient (Wildman–Crippen LogP) is 1.52. The van der Waals surface area contributed by atoms with Gasteiger partial charge >= 0.3 is 7.12 Å². The second-order valence-corrected chi connectivity index (χ2v) is 10.5. The van der Waals surface area contributed by atoms with E-state index in [-0.39, 0.29) is 29.8 Å². The second-order valence-electron chi connectivity index (χ2n) is 8.20. The largest absolute Gasteiger partial charge is 0.494 e. The van der Waals surface area contributed by atoms with Crippen LogP contribution in [0.2, 0.25) is 0 Å². The molecule has 2 aliphatic heterocycles. The third kappa shape index (κ3) is 3.94. The van der Waals surface area contributed by atoms with Crippen molar-refractivity contribution in [2.45, 2.75) is 52.4 Å². The van der Waals surface area contributed by atoms with Crippen LogP contribution in [0.3, 0.4) is 0 Å². The molecule has 5 nitrogen and oxygen atoms in total. The van der Waals surface area contributed by atoms with E-state index in [1.54, 1.807) is 0 Å². The molecule has 2 aliphatic rings. The van der Waals surface area contributed by atoms with Crippen molar-refractivity contribution in [1.82, 2.24) is 4.90 Å². The Balaban J connectivity index is 1.70. The highest BCUT2D eigenvalue weighted by molar-refractivity contribution is 7.91. The first kappa shape index (κ1) is 18.9. The first-order valence-electron chi connectivity index (χ1n) is 8.87. The molecule has 7 heteroatoms.